The third-order valence-electron chi connectivity index (χ3n) is 4.39. The molecular formula is C20H33IN4O2. The highest BCUT2D eigenvalue weighted by Gasteiger charge is 2.27. The SMILES string of the molecule is CCCOc1cccc(CNC(=NC)NC2CCN(C(=O)C(C)C)C2)c1.I. The Morgan fingerprint density at radius 1 is 1.41 bits per heavy atom. The zero-order valence-corrected chi connectivity index (χ0v) is 19.2. The molecule has 1 heterocycles. The van der Waals surface area contributed by atoms with Gasteiger partial charge < -0.3 is 20.3 Å². The molecule has 1 atom stereocenters. The quantitative estimate of drug-likeness (QED) is 0.352. The van der Waals surface area contributed by atoms with E-state index in [0.29, 0.717) is 6.54 Å². The van der Waals surface area contributed by atoms with Gasteiger partial charge in [0.2, 0.25) is 5.91 Å². The number of guanidine groups is 1. The number of carbonyl (C=O) groups excluding carboxylic acids is 1. The number of ether oxygens (including phenoxy) is 1. The van der Waals surface area contributed by atoms with E-state index in [1.807, 2.05) is 30.9 Å². The molecule has 1 unspecified atom stereocenters. The predicted molar refractivity (Wildman–Crippen MR) is 121 cm³/mol. The third-order valence-corrected chi connectivity index (χ3v) is 4.39. The first-order valence-corrected chi connectivity index (χ1v) is 9.51. The van der Waals surface area contributed by atoms with Crippen LogP contribution >= 0.6 is 24.0 Å². The van der Waals surface area contributed by atoms with Gasteiger partial charge in [-0.05, 0) is 30.5 Å². The van der Waals surface area contributed by atoms with Gasteiger partial charge in [-0.1, -0.05) is 32.9 Å². The van der Waals surface area contributed by atoms with E-state index in [-0.39, 0.29) is 41.8 Å². The van der Waals surface area contributed by atoms with Crippen molar-refractivity contribution >= 4 is 35.8 Å². The fourth-order valence-electron chi connectivity index (χ4n) is 2.98. The minimum Gasteiger partial charge on any atom is -0.494 e. The minimum absolute atomic E-state index is 0. The Bertz CT molecular complexity index is 622. The van der Waals surface area contributed by atoms with Crippen molar-refractivity contribution < 1.29 is 9.53 Å². The minimum atomic E-state index is 0. The zero-order valence-electron chi connectivity index (χ0n) is 16.8. The molecule has 1 amide bonds. The van der Waals surface area contributed by atoms with Crippen LogP contribution in [0, 0.1) is 5.92 Å². The number of amides is 1. The molecule has 1 fully saturated rings. The molecule has 27 heavy (non-hydrogen) atoms. The van der Waals surface area contributed by atoms with Crippen molar-refractivity contribution in [3.05, 3.63) is 29.8 Å². The number of hydrogen-bond donors (Lipinski definition) is 2. The Kier molecular flexibility index (Phi) is 10.5. The van der Waals surface area contributed by atoms with Gasteiger partial charge in [0.25, 0.3) is 0 Å². The molecule has 1 aliphatic heterocycles. The highest BCUT2D eigenvalue weighted by Crippen LogP contribution is 2.14. The molecule has 0 radical (unpaired) electrons. The summed E-state index contributed by atoms with van der Waals surface area (Å²) in [5, 5.41) is 6.76. The van der Waals surface area contributed by atoms with Gasteiger partial charge in [0.15, 0.2) is 5.96 Å². The molecule has 2 N–H and O–H groups in total. The summed E-state index contributed by atoms with van der Waals surface area (Å²) in [6.45, 7) is 8.93. The van der Waals surface area contributed by atoms with Gasteiger partial charge in [-0.3, -0.25) is 9.79 Å². The number of nitrogens with zero attached hydrogens (tertiary/aromatic N) is 2. The third kappa shape index (κ3) is 7.56. The van der Waals surface area contributed by atoms with Crippen LogP contribution in [0.4, 0.5) is 0 Å². The summed E-state index contributed by atoms with van der Waals surface area (Å²) >= 11 is 0. The second-order valence-corrected chi connectivity index (χ2v) is 6.99. The number of benzene rings is 1. The largest absolute Gasteiger partial charge is 0.494 e. The van der Waals surface area contributed by atoms with Crippen molar-refractivity contribution in [2.24, 2.45) is 10.9 Å². The van der Waals surface area contributed by atoms with Crippen molar-refractivity contribution in [3.63, 3.8) is 0 Å². The van der Waals surface area contributed by atoms with Gasteiger partial charge in [0, 0.05) is 38.6 Å². The lowest BCUT2D eigenvalue weighted by Crippen LogP contribution is -2.45. The standard InChI is InChI=1S/C20H32N4O2.HI/c1-5-11-26-18-8-6-7-16(12-18)13-22-20(21-4)23-17-9-10-24(14-17)19(25)15(2)3;/h6-8,12,15,17H,5,9-11,13-14H2,1-4H3,(H2,21,22,23);1H. The number of halogens is 1. The lowest BCUT2D eigenvalue weighted by atomic mass is 10.2. The summed E-state index contributed by atoms with van der Waals surface area (Å²) in [5.74, 6) is 1.93. The van der Waals surface area contributed by atoms with Crippen molar-refractivity contribution in [1.82, 2.24) is 15.5 Å². The fraction of sp³-hybridized carbons (Fsp3) is 0.600. The highest BCUT2D eigenvalue weighted by atomic mass is 127. The van der Waals surface area contributed by atoms with Gasteiger partial charge >= 0.3 is 0 Å². The monoisotopic (exact) mass is 488 g/mol. The maximum Gasteiger partial charge on any atom is 0.225 e. The Labute approximate surface area is 180 Å². The van der Waals surface area contributed by atoms with E-state index >= 15 is 0 Å². The van der Waals surface area contributed by atoms with Crippen LogP contribution in [0.15, 0.2) is 29.3 Å². The first-order valence-electron chi connectivity index (χ1n) is 9.51. The average molecular weight is 488 g/mol. The van der Waals surface area contributed by atoms with Crippen molar-refractivity contribution in [2.75, 3.05) is 26.7 Å². The first-order chi connectivity index (χ1) is 12.5. The van der Waals surface area contributed by atoms with Crippen molar-refractivity contribution in [2.45, 2.75) is 46.2 Å². The molecule has 1 aromatic rings. The van der Waals surface area contributed by atoms with Crippen LogP contribution in [0.5, 0.6) is 5.75 Å². The summed E-state index contributed by atoms with van der Waals surface area (Å²) in [7, 11) is 1.77. The van der Waals surface area contributed by atoms with E-state index in [9.17, 15) is 4.79 Å². The van der Waals surface area contributed by atoms with Crippen LogP contribution in [0.3, 0.4) is 0 Å². The van der Waals surface area contributed by atoms with E-state index in [1.54, 1.807) is 7.05 Å². The maximum absolute atomic E-state index is 12.1. The van der Waals surface area contributed by atoms with Crippen LogP contribution in [0.1, 0.15) is 39.2 Å². The molecule has 7 heteroatoms. The molecule has 0 spiro atoms. The number of hydrogen-bond acceptors (Lipinski definition) is 3. The van der Waals surface area contributed by atoms with Gasteiger partial charge in [0.05, 0.1) is 6.61 Å². The molecule has 0 saturated carbocycles. The fourth-order valence-corrected chi connectivity index (χ4v) is 2.98. The second kappa shape index (κ2) is 12.0. The average Bonchev–Trinajstić information content (AvgIpc) is 3.11. The van der Waals surface area contributed by atoms with Crippen LogP contribution in [-0.2, 0) is 11.3 Å². The summed E-state index contributed by atoms with van der Waals surface area (Å²) in [6.07, 6.45) is 1.94. The molecule has 6 nitrogen and oxygen atoms in total. The van der Waals surface area contributed by atoms with Gasteiger partial charge in [-0.15, -0.1) is 24.0 Å². The number of nitrogens with one attached hydrogen (secondary N) is 2. The Balaban J connectivity index is 0.00000364. The van der Waals surface area contributed by atoms with Gasteiger partial charge in [-0.2, -0.15) is 0 Å². The molecule has 0 aliphatic carbocycles. The van der Waals surface area contributed by atoms with E-state index in [0.717, 1.165) is 49.8 Å². The molecule has 0 aromatic heterocycles. The predicted octanol–water partition coefficient (Wildman–Crippen LogP) is 3.02. The van der Waals surface area contributed by atoms with Crippen LogP contribution in [0.25, 0.3) is 0 Å². The first kappa shape index (κ1) is 23.5. The molecule has 0 bridgehead atoms. The van der Waals surface area contributed by atoms with Crippen molar-refractivity contribution in [1.29, 1.82) is 0 Å². The summed E-state index contributed by atoms with van der Waals surface area (Å²) in [4.78, 5) is 18.3. The lowest BCUT2D eigenvalue weighted by Gasteiger charge is -2.20. The molecule has 1 aromatic carbocycles. The molecule has 1 saturated heterocycles. The molecule has 152 valence electrons. The van der Waals surface area contributed by atoms with E-state index < -0.39 is 0 Å². The molecule has 2 rings (SSSR count). The van der Waals surface area contributed by atoms with Gasteiger partial charge in [0.1, 0.15) is 5.75 Å². The van der Waals surface area contributed by atoms with Crippen LogP contribution in [0.2, 0.25) is 0 Å². The van der Waals surface area contributed by atoms with E-state index in [2.05, 4.69) is 34.7 Å². The summed E-state index contributed by atoms with van der Waals surface area (Å²) in [5.41, 5.74) is 1.14. The topological polar surface area (TPSA) is 66.0 Å². The van der Waals surface area contributed by atoms with Crippen molar-refractivity contribution in [3.8, 4) is 5.75 Å². The summed E-state index contributed by atoms with van der Waals surface area (Å²) in [6, 6.07) is 8.34. The molecule has 1 aliphatic rings. The number of carbonyl (C=O) groups is 1. The van der Waals surface area contributed by atoms with E-state index in [1.165, 1.54) is 0 Å². The van der Waals surface area contributed by atoms with Gasteiger partial charge in [-0.25, -0.2) is 0 Å². The normalized spacial score (nSPS) is 16.9. The second-order valence-electron chi connectivity index (χ2n) is 6.99. The Morgan fingerprint density at radius 3 is 2.85 bits per heavy atom. The van der Waals surface area contributed by atoms with Crippen LogP contribution in [-0.4, -0.2) is 49.6 Å². The zero-order chi connectivity index (χ0) is 18.9. The lowest BCUT2D eigenvalue weighted by molar-refractivity contribution is -0.133. The maximum atomic E-state index is 12.1. The van der Waals surface area contributed by atoms with E-state index in [4.69, 9.17) is 4.74 Å². The number of likely N-dealkylation sites (tertiary alicyclic amines) is 1. The Morgan fingerprint density at radius 2 is 2.19 bits per heavy atom. The Hall–Kier alpha value is -1.51. The smallest absolute Gasteiger partial charge is 0.225 e. The number of rotatable bonds is 7. The molecular weight excluding hydrogens is 455 g/mol. The van der Waals surface area contributed by atoms with Crippen LogP contribution < -0.4 is 15.4 Å². The number of aliphatic imine (C=N–C) groups is 1. The highest BCUT2D eigenvalue weighted by molar-refractivity contribution is 14.0. The summed E-state index contributed by atoms with van der Waals surface area (Å²) < 4.78 is 5.68.